The summed E-state index contributed by atoms with van der Waals surface area (Å²) in [7, 11) is 0. The first-order valence-electron chi connectivity index (χ1n) is 6.25. The highest BCUT2D eigenvalue weighted by Gasteiger charge is 2.07. The Balaban J connectivity index is 1.87. The Bertz CT molecular complexity index is 791. The summed E-state index contributed by atoms with van der Waals surface area (Å²) in [4.78, 5) is 19.6. The second kappa shape index (κ2) is 4.70. The van der Waals surface area contributed by atoms with Crippen LogP contribution in [0.3, 0.4) is 0 Å². The molecule has 0 fully saturated rings. The van der Waals surface area contributed by atoms with Crippen LogP contribution in [0, 0.1) is 6.92 Å². The monoisotopic (exact) mass is 266 g/mol. The first-order chi connectivity index (χ1) is 9.61. The summed E-state index contributed by atoms with van der Waals surface area (Å²) >= 11 is 0. The number of carbonyl (C=O) groups excluding carboxylic acids is 1. The third-order valence-corrected chi connectivity index (χ3v) is 3.01. The number of carbonyl (C=O) groups is 1. The molecular weight excluding hydrogens is 252 g/mol. The van der Waals surface area contributed by atoms with Crippen molar-refractivity contribution >= 4 is 28.3 Å². The van der Waals surface area contributed by atoms with Gasteiger partial charge in [0.05, 0.1) is 11.0 Å². The highest BCUT2D eigenvalue weighted by molar-refractivity contribution is 6.05. The highest BCUT2D eigenvalue weighted by atomic mass is 16.1. The summed E-state index contributed by atoms with van der Waals surface area (Å²) in [5, 5.41) is 2.84. The van der Waals surface area contributed by atoms with Gasteiger partial charge in [-0.1, -0.05) is 6.07 Å². The van der Waals surface area contributed by atoms with Gasteiger partial charge in [-0.2, -0.15) is 0 Å². The zero-order valence-electron chi connectivity index (χ0n) is 11.0. The maximum absolute atomic E-state index is 12.1. The Morgan fingerprint density at radius 1 is 1.25 bits per heavy atom. The Morgan fingerprint density at radius 3 is 2.90 bits per heavy atom. The number of benzene rings is 2. The van der Waals surface area contributed by atoms with E-state index in [1.54, 1.807) is 24.3 Å². The molecule has 3 aromatic rings. The smallest absolute Gasteiger partial charge is 0.255 e. The van der Waals surface area contributed by atoms with E-state index in [0.717, 1.165) is 16.9 Å². The largest absolute Gasteiger partial charge is 0.399 e. The van der Waals surface area contributed by atoms with Crippen molar-refractivity contribution in [3.8, 4) is 0 Å². The van der Waals surface area contributed by atoms with E-state index < -0.39 is 0 Å². The van der Waals surface area contributed by atoms with Crippen molar-refractivity contribution in [1.82, 2.24) is 9.97 Å². The van der Waals surface area contributed by atoms with Crippen LogP contribution in [0.25, 0.3) is 11.0 Å². The molecule has 5 heteroatoms. The molecule has 0 aliphatic heterocycles. The lowest BCUT2D eigenvalue weighted by atomic mass is 10.2. The van der Waals surface area contributed by atoms with Gasteiger partial charge in [0.1, 0.15) is 5.82 Å². The summed E-state index contributed by atoms with van der Waals surface area (Å²) < 4.78 is 0. The molecule has 0 radical (unpaired) electrons. The van der Waals surface area contributed by atoms with E-state index in [1.165, 1.54) is 0 Å². The van der Waals surface area contributed by atoms with Crippen LogP contribution in [0.1, 0.15) is 16.2 Å². The van der Waals surface area contributed by atoms with Crippen molar-refractivity contribution < 1.29 is 4.79 Å². The zero-order chi connectivity index (χ0) is 14.1. The fourth-order valence-corrected chi connectivity index (χ4v) is 2.10. The number of aryl methyl sites for hydroxylation is 1. The van der Waals surface area contributed by atoms with Gasteiger partial charge < -0.3 is 16.0 Å². The molecule has 20 heavy (non-hydrogen) atoms. The van der Waals surface area contributed by atoms with Crippen molar-refractivity contribution in [3.63, 3.8) is 0 Å². The molecule has 2 aromatic carbocycles. The molecule has 1 heterocycles. The fourth-order valence-electron chi connectivity index (χ4n) is 2.10. The normalized spacial score (nSPS) is 10.7. The number of rotatable bonds is 2. The van der Waals surface area contributed by atoms with Crippen molar-refractivity contribution in [2.75, 3.05) is 11.1 Å². The topological polar surface area (TPSA) is 83.8 Å². The highest BCUT2D eigenvalue weighted by Crippen LogP contribution is 2.18. The SMILES string of the molecule is Cc1nc2ccc(NC(=O)c3cccc(N)c3)cc2[nH]1. The predicted molar refractivity (Wildman–Crippen MR) is 79.6 cm³/mol. The molecule has 100 valence electrons. The quantitative estimate of drug-likeness (QED) is 0.623. The third-order valence-electron chi connectivity index (χ3n) is 3.01. The maximum Gasteiger partial charge on any atom is 0.255 e. The molecule has 1 amide bonds. The third kappa shape index (κ3) is 2.33. The number of anilines is 2. The molecule has 0 unspecified atom stereocenters. The molecule has 0 aliphatic carbocycles. The number of aromatic amines is 1. The predicted octanol–water partition coefficient (Wildman–Crippen LogP) is 2.71. The molecule has 0 aliphatic rings. The van der Waals surface area contributed by atoms with Crippen molar-refractivity contribution in [3.05, 3.63) is 53.9 Å². The van der Waals surface area contributed by atoms with E-state index in [1.807, 2.05) is 25.1 Å². The summed E-state index contributed by atoms with van der Waals surface area (Å²) in [6.45, 7) is 1.89. The second-order valence-electron chi connectivity index (χ2n) is 4.63. The van der Waals surface area contributed by atoms with Crippen LogP contribution < -0.4 is 11.1 Å². The molecule has 4 N–H and O–H groups in total. The summed E-state index contributed by atoms with van der Waals surface area (Å²) in [6, 6.07) is 12.4. The number of H-pyrrole nitrogens is 1. The average Bonchev–Trinajstić information content (AvgIpc) is 2.78. The van der Waals surface area contributed by atoms with Gasteiger partial charge in [0.15, 0.2) is 0 Å². The van der Waals surface area contributed by atoms with Crippen molar-refractivity contribution in [1.29, 1.82) is 0 Å². The average molecular weight is 266 g/mol. The minimum atomic E-state index is -0.187. The molecular formula is C15H14N4O. The minimum Gasteiger partial charge on any atom is -0.399 e. The standard InChI is InChI=1S/C15H14N4O/c1-9-17-13-6-5-12(8-14(13)18-9)19-15(20)10-3-2-4-11(16)7-10/h2-8H,16H2,1H3,(H,17,18)(H,19,20). The number of aromatic nitrogens is 2. The lowest BCUT2D eigenvalue weighted by Gasteiger charge is -2.05. The number of hydrogen-bond donors (Lipinski definition) is 3. The van der Waals surface area contributed by atoms with Gasteiger partial charge in [-0.05, 0) is 43.3 Å². The number of hydrogen-bond acceptors (Lipinski definition) is 3. The Hall–Kier alpha value is -2.82. The van der Waals surface area contributed by atoms with Crippen LogP contribution in [0.2, 0.25) is 0 Å². The van der Waals surface area contributed by atoms with E-state index in [-0.39, 0.29) is 5.91 Å². The first-order valence-corrected chi connectivity index (χ1v) is 6.25. The summed E-state index contributed by atoms with van der Waals surface area (Å²) in [5.74, 6) is 0.659. The number of nitrogens with two attached hydrogens (primary N) is 1. The first kappa shape index (κ1) is 12.2. The second-order valence-corrected chi connectivity index (χ2v) is 4.63. The molecule has 0 atom stereocenters. The number of nitrogens with zero attached hydrogens (tertiary/aromatic N) is 1. The molecule has 5 nitrogen and oxygen atoms in total. The lowest BCUT2D eigenvalue weighted by Crippen LogP contribution is -2.12. The molecule has 3 rings (SSSR count). The van der Waals surface area contributed by atoms with Gasteiger partial charge in [-0.25, -0.2) is 4.98 Å². The lowest BCUT2D eigenvalue weighted by molar-refractivity contribution is 0.102. The molecule has 0 saturated carbocycles. The van der Waals surface area contributed by atoms with Gasteiger partial charge in [-0.15, -0.1) is 0 Å². The van der Waals surface area contributed by atoms with E-state index in [0.29, 0.717) is 16.9 Å². The maximum atomic E-state index is 12.1. The molecule has 0 spiro atoms. The van der Waals surface area contributed by atoms with Crippen LogP contribution in [0.5, 0.6) is 0 Å². The van der Waals surface area contributed by atoms with Gasteiger partial charge in [0.2, 0.25) is 0 Å². The Morgan fingerprint density at radius 2 is 2.10 bits per heavy atom. The van der Waals surface area contributed by atoms with Crippen LogP contribution in [0.15, 0.2) is 42.5 Å². The van der Waals surface area contributed by atoms with E-state index in [2.05, 4.69) is 15.3 Å². The summed E-state index contributed by atoms with van der Waals surface area (Å²) in [5.41, 5.74) is 9.27. The van der Waals surface area contributed by atoms with Crippen LogP contribution in [-0.2, 0) is 0 Å². The minimum absolute atomic E-state index is 0.187. The number of amides is 1. The zero-order valence-corrected chi connectivity index (χ0v) is 11.0. The number of fused-ring (bicyclic) bond motifs is 1. The van der Waals surface area contributed by atoms with Crippen molar-refractivity contribution in [2.45, 2.75) is 6.92 Å². The van der Waals surface area contributed by atoms with Gasteiger partial charge in [0.25, 0.3) is 5.91 Å². The molecule has 0 saturated heterocycles. The van der Waals surface area contributed by atoms with E-state index >= 15 is 0 Å². The van der Waals surface area contributed by atoms with E-state index in [4.69, 9.17) is 5.73 Å². The fraction of sp³-hybridized carbons (Fsp3) is 0.0667. The number of imidazole rings is 1. The Labute approximate surface area is 115 Å². The number of nitrogens with one attached hydrogen (secondary N) is 2. The summed E-state index contributed by atoms with van der Waals surface area (Å²) in [6.07, 6.45) is 0. The molecule has 0 bridgehead atoms. The molecule has 1 aromatic heterocycles. The van der Waals surface area contributed by atoms with Gasteiger partial charge in [0, 0.05) is 16.9 Å². The van der Waals surface area contributed by atoms with Crippen LogP contribution in [-0.4, -0.2) is 15.9 Å². The van der Waals surface area contributed by atoms with Gasteiger partial charge in [-0.3, -0.25) is 4.79 Å². The van der Waals surface area contributed by atoms with Crippen molar-refractivity contribution in [2.24, 2.45) is 0 Å². The van der Waals surface area contributed by atoms with Crippen LogP contribution >= 0.6 is 0 Å². The Kier molecular flexibility index (Phi) is 2.87. The van der Waals surface area contributed by atoms with E-state index in [9.17, 15) is 4.79 Å². The number of nitrogen functional groups attached to an aromatic ring is 1. The van der Waals surface area contributed by atoms with Crippen LogP contribution in [0.4, 0.5) is 11.4 Å². The van der Waals surface area contributed by atoms with Gasteiger partial charge >= 0.3 is 0 Å².